The first kappa shape index (κ1) is 27.2. The average molecular weight is 522 g/mol. The highest BCUT2D eigenvalue weighted by Crippen LogP contribution is 2.61. The van der Waals surface area contributed by atoms with Crippen LogP contribution < -0.4 is 25.3 Å². The molecule has 2 heterocycles. The molecule has 2 N–H and O–H groups in total. The summed E-state index contributed by atoms with van der Waals surface area (Å²) in [5.41, 5.74) is -0.773. The number of aliphatic hydroxyl groups excluding tert-OH is 1. The van der Waals surface area contributed by atoms with E-state index in [1.807, 2.05) is 0 Å². The normalized spacial score (nSPS) is 29.1. The van der Waals surface area contributed by atoms with Crippen LogP contribution in [0.2, 0.25) is 0 Å². The molecule has 7 atom stereocenters. The van der Waals surface area contributed by atoms with Crippen molar-refractivity contribution in [3.05, 3.63) is 22.7 Å². The van der Waals surface area contributed by atoms with E-state index in [0.717, 1.165) is 4.57 Å². The molecule has 1 fully saturated rings. The van der Waals surface area contributed by atoms with Gasteiger partial charge < -0.3 is 43.6 Å². The smallest absolute Gasteiger partial charge is 0.351 e. The number of aliphatic hydroxyl groups is 1. The summed E-state index contributed by atoms with van der Waals surface area (Å²) >= 11 is 0. The lowest BCUT2D eigenvalue weighted by atomic mass is 10.1. The first-order valence-corrected chi connectivity index (χ1v) is 12.8. The van der Waals surface area contributed by atoms with E-state index in [-0.39, 0.29) is 0 Å². The number of hydrogen-bond acceptors (Lipinski definition) is 15. The van der Waals surface area contributed by atoms with Gasteiger partial charge in [-0.2, -0.15) is 4.98 Å². The number of anilines is 1. The van der Waals surface area contributed by atoms with Gasteiger partial charge in [0.1, 0.15) is 24.1 Å². The number of hydrogen-bond donors (Lipinski definition) is 2. The molecule has 0 saturated carbocycles. The zero-order valence-electron chi connectivity index (χ0n) is 16.6. The minimum absolute atomic E-state index is 0.331. The predicted octanol–water partition coefficient (Wildman–Crippen LogP) is -2.97. The molecule has 1 aromatic rings. The van der Waals surface area contributed by atoms with Gasteiger partial charge in [0.05, 0.1) is 6.61 Å². The van der Waals surface area contributed by atoms with Crippen LogP contribution in [0.15, 0.2) is 17.1 Å². The van der Waals surface area contributed by atoms with Gasteiger partial charge in [-0.1, -0.05) is 0 Å². The third-order valence-electron chi connectivity index (χ3n) is 3.93. The van der Waals surface area contributed by atoms with Crippen molar-refractivity contribution in [1.29, 1.82) is 0 Å². The molecule has 0 aliphatic carbocycles. The Bertz CT molecular complexity index is 1010. The highest BCUT2D eigenvalue weighted by molar-refractivity contribution is 7.65. The van der Waals surface area contributed by atoms with E-state index in [9.17, 15) is 38.3 Å². The second kappa shape index (κ2) is 10.1. The van der Waals surface area contributed by atoms with Gasteiger partial charge in [-0.25, -0.2) is 13.4 Å². The van der Waals surface area contributed by atoms with Crippen LogP contribution in [0.3, 0.4) is 0 Å². The number of phosphoric ester groups is 1. The van der Waals surface area contributed by atoms with Crippen LogP contribution in [-0.2, 0) is 36.3 Å². The Morgan fingerprint density at radius 1 is 1.22 bits per heavy atom. The maximum absolute atomic E-state index is 12.3. The Hall–Kier alpha value is -1.03. The van der Waals surface area contributed by atoms with Crippen molar-refractivity contribution in [3.63, 3.8) is 0 Å². The molecule has 184 valence electrons. The highest BCUT2D eigenvalue weighted by Gasteiger charge is 2.46. The van der Waals surface area contributed by atoms with Crippen LogP contribution in [-0.4, -0.2) is 65.7 Å². The van der Waals surface area contributed by atoms with E-state index >= 15 is 0 Å². The Morgan fingerprint density at radius 2 is 1.84 bits per heavy atom. The van der Waals surface area contributed by atoms with Crippen LogP contribution in [0.1, 0.15) is 6.23 Å². The molecule has 32 heavy (non-hydrogen) atoms. The quantitative estimate of drug-likeness (QED) is 0.291. The van der Waals surface area contributed by atoms with E-state index in [1.165, 1.54) is 19.4 Å². The standard InChI is InChI=1S/C12H22N3O14P3/c1-14(2)8-4-5-15(12(17)13-8)11-10(25-3)9(16)7(27-11)6-26-31(21,22)29-32(23,24)28-30(18,19)20/h4-5,7,9-11,16H,6H2,1-3H3,(H,21,22)(H,23,24)(H2,18,19,20)/p-3/t7-,9+,10?,11-/m1/s1. The molecule has 0 spiro atoms. The molecule has 1 saturated heterocycles. The summed E-state index contributed by atoms with van der Waals surface area (Å²) in [6.07, 6.45) is -4.16. The predicted molar refractivity (Wildman–Crippen MR) is 96.7 cm³/mol. The molecule has 1 aromatic heterocycles. The Kier molecular flexibility index (Phi) is 8.57. The second-order valence-electron chi connectivity index (χ2n) is 6.45. The monoisotopic (exact) mass is 522 g/mol. The number of aromatic nitrogens is 2. The summed E-state index contributed by atoms with van der Waals surface area (Å²) < 4.78 is 55.8. The molecule has 1 aliphatic rings. The third-order valence-corrected chi connectivity index (χ3v) is 7.62. The van der Waals surface area contributed by atoms with Crippen molar-refractivity contribution in [2.75, 3.05) is 32.7 Å². The van der Waals surface area contributed by atoms with Crippen molar-refractivity contribution in [2.24, 2.45) is 0 Å². The minimum Gasteiger partial charge on any atom is -0.756 e. The van der Waals surface area contributed by atoms with Crippen LogP contribution >= 0.6 is 23.5 Å². The molecule has 0 bridgehead atoms. The van der Waals surface area contributed by atoms with Crippen molar-refractivity contribution >= 4 is 29.3 Å². The van der Waals surface area contributed by atoms with Gasteiger partial charge in [-0.3, -0.25) is 18.3 Å². The number of rotatable bonds is 10. The highest BCUT2D eigenvalue weighted by atomic mass is 31.3. The molecule has 2 rings (SSSR count). The molecule has 0 amide bonds. The largest absolute Gasteiger partial charge is 0.756 e. The second-order valence-corrected chi connectivity index (χ2v) is 10.7. The van der Waals surface area contributed by atoms with E-state index < -0.39 is 60.3 Å². The summed E-state index contributed by atoms with van der Waals surface area (Å²) in [5.74, 6) is 0.331. The van der Waals surface area contributed by atoms with Crippen molar-refractivity contribution < 1.29 is 61.0 Å². The fourth-order valence-electron chi connectivity index (χ4n) is 2.63. The van der Waals surface area contributed by atoms with Crippen LogP contribution in [0.5, 0.6) is 0 Å². The van der Waals surface area contributed by atoms with Gasteiger partial charge in [0.15, 0.2) is 6.23 Å². The molecule has 0 aromatic carbocycles. The SMILES string of the molecule is COC1[C@@H](O)[C@@H](COP(=O)([O-])OP(=O)([O-])OP(=O)([O-])O)O[C@H]1n1ccc(N(C)C)nc1=O. The summed E-state index contributed by atoms with van der Waals surface area (Å²) in [6, 6.07) is 1.47. The molecule has 20 heteroatoms. The number of phosphoric acid groups is 3. The Morgan fingerprint density at radius 3 is 2.34 bits per heavy atom. The molecule has 0 radical (unpaired) electrons. The van der Waals surface area contributed by atoms with E-state index in [4.69, 9.17) is 14.4 Å². The first-order valence-electron chi connectivity index (χ1n) is 8.41. The number of methoxy groups -OCH3 is 1. The van der Waals surface area contributed by atoms with Crippen LogP contribution in [0, 0.1) is 0 Å². The van der Waals surface area contributed by atoms with Gasteiger partial charge in [-0.05, 0) is 6.07 Å². The fourth-order valence-corrected chi connectivity index (χ4v) is 5.53. The van der Waals surface area contributed by atoms with Crippen molar-refractivity contribution in [1.82, 2.24) is 9.55 Å². The Balaban J connectivity index is 2.12. The lowest BCUT2D eigenvalue weighted by molar-refractivity contribution is -0.250. The average Bonchev–Trinajstić information content (AvgIpc) is 2.92. The van der Waals surface area contributed by atoms with E-state index in [0.29, 0.717) is 5.82 Å². The molecular formula is C12H19N3O14P3-3. The van der Waals surface area contributed by atoms with Gasteiger partial charge in [-0.15, -0.1) is 0 Å². The molecule has 4 unspecified atom stereocenters. The van der Waals surface area contributed by atoms with Gasteiger partial charge in [0, 0.05) is 27.4 Å². The van der Waals surface area contributed by atoms with Crippen LogP contribution in [0.4, 0.5) is 5.82 Å². The van der Waals surface area contributed by atoms with Crippen LogP contribution in [0.25, 0.3) is 0 Å². The van der Waals surface area contributed by atoms with Gasteiger partial charge in [0.25, 0.3) is 23.5 Å². The topological polar surface area (TPSA) is 245 Å². The molecule has 1 aliphatic heterocycles. The zero-order valence-corrected chi connectivity index (χ0v) is 19.3. The Labute approximate surface area is 180 Å². The summed E-state index contributed by atoms with van der Waals surface area (Å²) in [5, 5.41) is 10.3. The molecular weight excluding hydrogens is 503 g/mol. The van der Waals surface area contributed by atoms with E-state index in [2.05, 4.69) is 18.1 Å². The molecule has 17 nitrogen and oxygen atoms in total. The number of ether oxygens (including phenoxy) is 2. The van der Waals surface area contributed by atoms with Gasteiger partial charge >= 0.3 is 5.69 Å². The lowest BCUT2D eigenvalue weighted by Gasteiger charge is -2.33. The lowest BCUT2D eigenvalue weighted by Crippen LogP contribution is -2.37. The maximum Gasteiger partial charge on any atom is 0.351 e. The third kappa shape index (κ3) is 7.23. The minimum atomic E-state index is -6.07. The summed E-state index contributed by atoms with van der Waals surface area (Å²) in [7, 11) is -13.2. The summed E-state index contributed by atoms with van der Waals surface area (Å²) in [4.78, 5) is 59.4. The maximum atomic E-state index is 12.3. The summed E-state index contributed by atoms with van der Waals surface area (Å²) in [6.45, 7) is -1.02. The first-order chi connectivity index (χ1) is 14.6. The number of nitrogens with zero attached hydrogens (tertiary/aromatic N) is 3. The van der Waals surface area contributed by atoms with E-state index in [1.54, 1.807) is 19.0 Å². The van der Waals surface area contributed by atoms with Gasteiger partial charge in [0.2, 0.25) is 0 Å². The van der Waals surface area contributed by atoms with Crippen molar-refractivity contribution in [3.8, 4) is 0 Å². The van der Waals surface area contributed by atoms with Crippen molar-refractivity contribution in [2.45, 2.75) is 24.5 Å². The fraction of sp³-hybridized carbons (Fsp3) is 0.667. The zero-order chi connectivity index (χ0) is 24.5.